The normalized spacial score (nSPS) is 10.6. The number of carbonyl (C=O) groups is 1. The highest BCUT2D eigenvalue weighted by atomic mass is 32.1. The SMILES string of the molecule is O=C(O)c1coc(COCCc2cccs2)c1. The zero-order valence-electron chi connectivity index (χ0n) is 9.09. The first-order chi connectivity index (χ1) is 8.25. The number of carboxylic acids is 1. The second-order valence-electron chi connectivity index (χ2n) is 3.49. The van der Waals surface area contributed by atoms with Crippen LogP contribution in [0.4, 0.5) is 0 Å². The van der Waals surface area contributed by atoms with Crippen molar-refractivity contribution in [2.24, 2.45) is 0 Å². The number of ether oxygens (including phenoxy) is 1. The molecule has 0 unspecified atom stereocenters. The molecule has 0 radical (unpaired) electrons. The third-order valence-electron chi connectivity index (χ3n) is 2.22. The lowest BCUT2D eigenvalue weighted by Gasteiger charge is -1.99. The Labute approximate surface area is 102 Å². The van der Waals surface area contributed by atoms with Crippen molar-refractivity contribution in [2.45, 2.75) is 13.0 Å². The fourth-order valence-corrected chi connectivity index (χ4v) is 2.06. The Kier molecular flexibility index (Phi) is 3.95. The monoisotopic (exact) mass is 252 g/mol. The van der Waals surface area contributed by atoms with Crippen LogP contribution in [0, 0.1) is 0 Å². The van der Waals surface area contributed by atoms with Gasteiger partial charge < -0.3 is 14.3 Å². The highest BCUT2D eigenvalue weighted by Crippen LogP contribution is 2.11. The number of carboxylic acid groups (broad SMARTS) is 1. The van der Waals surface area contributed by atoms with E-state index in [9.17, 15) is 4.79 Å². The van der Waals surface area contributed by atoms with Crippen molar-refractivity contribution in [3.63, 3.8) is 0 Å². The van der Waals surface area contributed by atoms with Gasteiger partial charge in [-0.3, -0.25) is 0 Å². The fourth-order valence-electron chi connectivity index (χ4n) is 1.37. The molecule has 0 atom stereocenters. The van der Waals surface area contributed by atoms with Gasteiger partial charge in [-0.15, -0.1) is 11.3 Å². The van der Waals surface area contributed by atoms with Crippen LogP contribution in [0.1, 0.15) is 21.0 Å². The first-order valence-corrected chi connectivity index (χ1v) is 6.04. The summed E-state index contributed by atoms with van der Waals surface area (Å²) in [6.45, 7) is 0.905. The van der Waals surface area contributed by atoms with Gasteiger partial charge in [0.25, 0.3) is 0 Å². The standard InChI is InChI=1S/C12H12O4S/c13-12(14)9-6-10(16-7-9)8-15-4-3-11-2-1-5-17-11/h1-2,5-7H,3-4,8H2,(H,13,14). The summed E-state index contributed by atoms with van der Waals surface area (Å²) in [7, 11) is 0. The first-order valence-electron chi connectivity index (χ1n) is 5.16. The third-order valence-corrected chi connectivity index (χ3v) is 3.15. The third kappa shape index (κ3) is 3.44. The second kappa shape index (κ2) is 5.65. The molecular formula is C12H12O4S. The molecule has 2 heterocycles. The van der Waals surface area contributed by atoms with Gasteiger partial charge in [0.05, 0.1) is 12.2 Å². The molecule has 2 aromatic heterocycles. The number of furan rings is 1. The van der Waals surface area contributed by atoms with Gasteiger partial charge in [0.1, 0.15) is 18.6 Å². The molecule has 0 aliphatic carbocycles. The van der Waals surface area contributed by atoms with E-state index >= 15 is 0 Å². The smallest absolute Gasteiger partial charge is 0.338 e. The van der Waals surface area contributed by atoms with Crippen LogP contribution in [0.2, 0.25) is 0 Å². The Balaban J connectivity index is 1.72. The molecule has 2 rings (SSSR count). The molecule has 0 saturated carbocycles. The summed E-state index contributed by atoms with van der Waals surface area (Å²) in [6.07, 6.45) is 2.09. The lowest BCUT2D eigenvalue weighted by atomic mass is 10.3. The van der Waals surface area contributed by atoms with E-state index in [1.54, 1.807) is 11.3 Å². The van der Waals surface area contributed by atoms with Gasteiger partial charge in [-0.1, -0.05) is 6.07 Å². The maximum absolute atomic E-state index is 10.6. The fraction of sp³-hybridized carbons (Fsp3) is 0.250. The van der Waals surface area contributed by atoms with Crippen LogP contribution in [0.15, 0.2) is 34.3 Å². The van der Waals surface area contributed by atoms with Crippen LogP contribution < -0.4 is 0 Å². The Bertz CT molecular complexity index is 472. The van der Waals surface area contributed by atoms with Crippen molar-refractivity contribution in [1.29, 1.82) is 0 Å². The van der Waals surface area contributed by atoms with E-state index in [2.05, 4.69) is 6.07 Å². The van der Waals surface area contributed by atoms with Gasteiger partial charge in [0.2, 0.25) is 0 Å². The molecule has 0 spiro atoms. The number of aromatic carboxylic acids is 1. The Morgan fingerprint density at radius 3 is 3.06 bits per heavy atom. The lowest BCUT2D eigenvalue weighted by Crippen LogP contribution is -1.97. The zero-order chi connectivity index (χ0) is 12.1. The molecular weight excluding hydrogens is 240 g/mol. The maximum Gasteiger partial charge on any atom is 0.338 e. The van der Waals surface area contributed by atoms with Crippen molar-refractivity contribution >= 4 is 17.3 Å². The molecule has 0 bridgehead atoms. The van der Waals surface area contributed by atoms with Gasteiger partial charge in [-0.05, 0) is 17.5 Å². The predicted octanol–water partition coefficient (Wildman–Crippen LogP) is 2.80. The average Bonchev–Trinajstić information content (AvgIpc) is 2.96. The molecule has 0 aliphatic rings. The molecule has 2 aromatic rings. The summed E-state index contributed by atoms with van der Waals surface area (Å²) in [5.41, 5.74) is 0.154. The quantitative estimate of drug-likeness (QED) is 0.803. The molecule has 0 amide bonds. The molecule has 0 fully saturated rings. The molecule has 17 heavy (non-hydrogen) atoms. The second-order valence-corrected chi connectivity index (χ2v) is 4.52. The van der Waals surface area contributed by atoms with E-state index in [0.29, 0.717) is 19.0 Å². The van der Waals surface area contributed by atoms with Gasteiger partial charge in [-0.25, -0.2) is 4.79 Å². The van der Waals surface area contributed by atoms with Crippen LogP contribution in [0.5, 0.6) is 0 Å². The van der Waals surface area contributed by atoms with E-state index < -0.39 is 5.97 Å². The van der Waals surface area contributed by atoms with E-state index in [0.717, 1.165) is 6.42 Å². The van der Waals surface area contributed by atoms with E-state index in [-0.39, 0.29) is 5.56 Å². The van der Waals surface area contributed by atoms with Crippen molar-refractivity contribution in [1.82, 2.24) is 0 Å². The van der Waals surface area contributed by atoms with Crippen LogP contribution >= 0.6 is 11.3 Å². The van der Waals surface area contributed by atoms with E-state index in [4.69, 9.17) is 14.3 Å². The maximum atomic E-state index is 10.6. The van der Waals surface area contributed by atoms with E-state index in [1.165, 1.54) is 17.2 Å². The summed E-state index contributed by atoms with van der Waals surface area (Å²) in [6, 6.07) is 5.54. The minimum absolute atomic E-state index is 0.154. The van der Waals surface area contributed by atoms with Crippen LogP contribution in [-0.4, -0.2) is 17.7 Å². The molecule has 5 heteroatoms. The van der Waals surface area contributed by atoms with Gasteiger partial charge in [0, 0.05) is 11.3 Å². The summed E-state index contributed by atoms with van der Waals surface area (Å²) in [5.74, 6) is -0.452. The van der Waals surface area contributed by atoms with Crippen molar-refractivity contribution in [3.8, 4) is 0 Å². The average molecular weight is 252 g/mol. The highest BCUT2D eigenvalue weighted by molar-refractivity contribution is 7.09. The lowest BCUT2D eigenvalue weighted by molar-refractivity contribution is 0.0696. The summed E-state index contributed by atoms with van der Waals surface area (Å²) in [4.78, 5) is 11.9. The van der Waals surface area contributed by atoms with Gasteiger partial charge in [-0.2, -0.15) is 0 Å². The summed E-state index contributed by atoms with van der Waals surface area (Å²) < 4.78 is 10.5. The molecule has 90 valence electrons. The van der Waals surface area contributed by atoms with Crippen molar-refractivity contribution in [3.05, 3.63) is 46.0 Å². The highest BCUT2D eigenvalue weighted by Gasteiger charge is 2.07. The minimum Gasteiger partial charge on any atom is -0.478 e. The Morgan fingerprint density at radius 2 is 2.41 bits per heavy atom. The number of hydrogen-bond acceptors (Lipinski definition) is 4. The molecule has 1 N–H and O–H groups in total. The zero-order valence-corrected chi connectivity index (χ0v) is 9.90. The van der Waals surface area contributed by atoms with Crippen molar-refractivity contribution < 1.29 is 19.1 Å². The Hall–Kier alpha value is -1.59. The van der Waals surface area contributed by atoms with Crippen molar-refractivity contribution in [2.75, 3.05) is 6.61 Å². The molecule has 0 aromatic carbocycles. The molecule has 0 saturated heterocycles. The minimum atomic E-state index is -0.987. The largest absolute Gasteiger partial charge is 0.478 e. The summed E-state index contributed by atoms with van der Waals surface area (Å²) >= 11 is 1.70. The number of hydrogen-bond donors (Lipinski definition) is 1. The van der Waals surface area contributed by atoms with Crippen LogP contribution in [-0.2, 0) is 17.8 Å². The first kappa shape index (κ1) is 11.9. The predicted molar refractivity (Wildman–Crippen MR) is 63.3 cm³/mol. The van der Waals surface area contributed by atoms with Crippen LogP contribution in [0.25, 0.3) is 0 Å². The number of thiophene rings is 1. The Morgan fingerprint density at radius 1 is 1.53 bits per heavy atom. The number of rotatable bonds is 6. The van der Waals surface area contributed by atoms with Crippen LogP contribution in [0.3, 0.4) is 0 Å². The van der Waals surface area contributed by atoms with Gasteiger partial charge >= 0.3 is 5.97 Å². The summed E-state index contributed by atoms with van der Waals surface area (Å²) in [5, 5.41) is 10.7. The molecule has 4 nitrogen and oxygen atoms in total. The van der Waals surface area contributed by atoms with Gasteiger partial charge in [0.15, 0.2) is 0 Å². The topological polar surface area (TPSA) is 59.7 Å². The van der Waals surface area contributed by atoms with E-state index in [1.807, 2.05) is 11.4 Å². The molecule has 0 aliphatic heterocycles.